The molecule has 1 aromatic rings. The Balaban J connectivity index is 2.66. The molecular weight excluding hydrogens is 348 g/mol. The lowest BCUT2D eigenvalue weighted by Gasteiger charge is -2.16. The number of methoxy groups -OCH3 is 1. The molecule has 0 saturated carbocycles. The summed E-state index contributed by atoms with van der Waals surface area (Å²) in [5.41, 5.74) is 0.304. The summed E-state index contributed by atoms with van der Waals surface area (Å²) in [5, 5.41) is 14.4. The quantitative estimate of drug-likeness (QED) is 0.617. The van der Waals surface area contributed by atoms with Gasteiger partial charge in [0.05, 0.1) is 18.7 Å². The average molecular weight is 371 g/mol. The molecule has 0 fully saturated rings. The molecule has 0 aliphatic heterocycles. The minimum Gasteiger partial charge on any atom is -0.495 e. The second kappa shape index (κ2) is 9.88. The van der Waals surface area contributed by atoms with Crippen LogP contribution in [-0.2, 0) is 14.4 Å². The molecule has 1 aromatic carbocycles. The van der Waals surface area contributed by atoms with Gasteiger partial charge in [-0.2, -0.15) is 0 Å². The molecule has 7 nitrogen and oxygen atoms in total. The number of carboxylic acid groups (broad SMARTS) is 1. The number of hydrogen-bond acceptors (Lipinski definition) is 4. The van der Waals surface area contributed by atoms with Crippen molar-refractivity contribution in [1.29, 1.82) is 0 Å². The summed E-state index contributed by atoms with van der Waals surface area (Å²) in [6.45, 7) is 3.71. The van der Waals surface area contributed by atoms with Gasteiger partial charge in [-0.3, -0.25) is 9.59 Å². The van der Waals surface area contributed by atoms with Crippen LogP contribution in [0, 0.1) is 5.92 Å². The van der Waals surface area contributed by atoms with Crippen LogP contribution < -0.4 is 15.4 Å². The summed E-state index contributed by atoms with van der Waals surface area (Å²) < 4.78 is 5.01. The van der Waals surface area contributed by atoms with Gasteiger partial charge in [-0.15, -0.1) is 0 Å². The Kier molecular flexibility index (Phi) is 8.21. The number of carboxylic acids is 1. The third kappa shape index (κ3) is 7.01. The van der Waals surface area contributed by atoms with Crippen LogP contribution in [0.25, 0.3) is 0 Å². The predicted octanol–water partition coefficient (Wildman–Crippen LogP) is 2.14. The third-order valence-corrected chi connectivity index (χ3v) is 3.75. The van der Waals surface area contributed by atoms with Crippen molar-refractivity contribution in [2.24, 2.45) is 5.92 Å². The maximum Gasteiger partial charge on any atom is 0.330 e. The molecule has 8 heteroatoms. The molecule has 0 aliphatic carbocycles. The Labute approximate surface area is 151 Å². The van der Waals surface area contributed by atoms with Gasteiger partial charge in [-0.25, -0.2) is 4.79 Å². The van der Waals surface area contributed by atoms with Gasteiger partial charge >= 0.3 is 5.97 Å². The van der Waals surface area contributed by atoms with E-state index in [0.717, 1.165) is 6.42 Å². The lowest BCUT2D eigenvalue weighted by atomic mass is 10.1. The van der Waals surface area contributed by atoms with Crippen LogP contribution in [0.3, 0.4) is 0 Å². The summed E-state index contributed by atoms with van der Waals surface area (Å²) in [5.74, 6) is -1.30. The van der Waals surface area contributed by atoms with Crippen molar-refractivity contribution < 1.29 is 24.2 Å². The summed E-state index contributed by atoms with van der Waals surface area (Å²) in [7, 11) is 1.44. The van der Waals surface area contributed by atoms with Crippen LogP contribution >= 0.6 is 11.6 Å². The first-order valence-corrected chi connectivity index (χ1v) is 8.24. The Hall–Kier alpha value is -2.28. The van der Waals surface area contributed by atoms with Crippen molar-refractivity contribution in [2.45, 2.75) is 32.7 Å². The van der Waals surface area contributed by atoms with Crippen molar-refractivity contribution in [3.63, 3.8) is 0 Å². The standard InChI is InChI=1S/C17H23ClN2O5/c1-10(2)4-7-14(21)19-9-15(22)20-16(17(23)24)11-5-6-13(25-3)12(18)8-11/h5-6,8,10,16H,4,7,9H2,1-3H3,(H,19,21)(H,20,22)(H,23,24). The van der Waals surface area contributed by atoms with Gasteiger partial charge in [0.15, 0.2) is 6.04 Å². The molecule has 0 saturated heterocycles. The van der Waals surface area contributed by atoms with Gasteiger partial charge in [-0.05, 0) is 30.0 Å². The number of rotatable bonds is 9. The van der Waals surface area contributed by atoms with Crippen molar-refractivity contribution in [3.05, 3.63) is 28.8 Å². The highest BCUT2D eigenvalue weighted by Gasteiger charge is 2.23. The number of hydrogen-bond donors (Lipinski definition) is 3. The zero-order valence-corrected chi connectivity index (χ0v) is 15.2. The lowest BCUT2D eigenvalue weighted by Crippen LogP contribution is -2.41. The van der Waals surface area contributed by atoms with Crippen molar-refractivity contribution in [3.8, 4) is 5.75 Å². The maximum absolute atomic E-state index is 11.9. The number of ether oxygens (including phenoxy) is 1. The fourth-order valence-electron chi connectivity index (χ4n) is 2.05. The number of carbonyl (C=O) groups is 3. The van der Waals surface area contributed by atoms with Crippen LogP contribution in [0.4, 0.5) is 0 Å². The van der Waals surface area contributed by atoms with Crippen molar-refractivity contribution >= 4 is 29.4 Å². The van der Waals surface area contributed by atoms with Gasteiger partial charge in [0.25, 0.3) is 0 Å². The maximum atomic E-state index is 11.9. The Morgan fingerprint density at radius 3 is 2.44 bits per heavy atom. The number of halogens is 1. The van der Waals surface area contributed by atoms with E-state index in [0.29, 0.717) is 23.7 Å². The van der Waals surface area contributed by atoms with Crippen LogP contribution in [0.15, 0.2) is 18.2 Å². The summed E-state index contributed by atoms with van der Waals surface area (Å²) >= 11 is 5.99. The lowest BCUT2D eigenvalue weighted by molar-refractivity contribution is -0.141. The first-order chi connectivity index (χ1) is 11.7. The normalized spacial score (nSPS) is 11.7. The van der Waals surface area contributed by atoms with E-state index in [1.165, 1.54) is 25.3 Å². The van der Waals surface area contributed by atoms with Gasteiger partial charge in [0, 0.05) is 6.42 Å². The molecule has 0 aromatic heterocycles. The number of benzene rings is 1. The molecule has 2 amide bonds. The second-order valence-electron chi connectivity index (χ2n) is 5.94. The molecule has 0 aliphatic rings. The van der Waals surface area contributed by atoms with Gasteiger partial charge in [0.2, 0.25) is 11.8 Å². The molecule has 1 rings (SSSR count). The minimum absolute atomic E-state index is 0.238. The van der Waals surface area contributed by atoms with Crippen LogP contribution in [0.5, 0.6) is 5.75 Å². The van der Waals surface area contributed by atoms with Crippen molar-refractivity contribution in [2.75, 3.05) is 13.7 Å². The molecule has 0 heterocycles. The molecule has 25 heavy (non-hydrogen) atoms. The zero-order valence-electron chi connectivity index (χ0n) is 14.5. The van der Waals surface area contributed by atoms with Crippen molar-refractivity contribution in [1.82, 2.24) is 10.6 Å². The Morgan fingerprint density at radius 2 is 1.92 bits per heavy atom. The molecule has 0 radical (unpaired) electrons. The van der Waals surface area contributed by atoms with E-state index in [1.807, 2.05) is 13.8 Å². The highest BCUT2D eigenvalue weighted by Crippen LogP contribution is 2.27. The van der Waals surface area contributed by atoms with E-state index in [4.69, 9.17) is 16.3 Å². The molecule has 1 atom stereocenters. The first-order valence-electron chi connectivity index (χ1n) is 7.87. The predicted molar refractivity (Wildman–Crippen MR) is 93.6 cm³/mol. The number of carbonyl (C=O) groups excluding carboxylic acids is 2. The van der Waals surface area contributed by atoms with Gasteiger partial charge < -0.3 is 20.5 Å². The fraction of sp³-hybridized carbons (Fsp3) is 0.471. The molecule has 138 valence electrons. The largest absolute Gasteiger partial charge is 0.495 e. The topological polar surface area (TPSA) is 105 Å². The zero-order chi connectivity index (χ0) is 19.0. The molecular formula is C17H23ClN2O5. The van der Waals surface area contributed by atoms with E-state index >= 15 is 0 Å². The molecule has 1 unspecified atom stereocenters. The Morgan fingerprint density at radius 1 is 1.24 bits per heavy atom. The second-order valence-corrected chi connectivity index (χ2v) is 6.35. The van der Waals surface area contributed by atoms with Crippen LogP contribution in [0.1, 0.15) is 38.3 Å². The number of aliphatic carboxylic acids is 1. The first kappa shape index (κ1) is 20.8. The summed E-state index contributed by atoms with van der Waals surface area (Å²) in [4.78, 5) is 35.0. The highest BCUT2D eigenvalue weighted by atomic mass is 35.5. The van der Waals surface area contributed by atoms with E-state index in [-0.39, 0.29) is 17.5 Å². The SMILES string of the molecule is COc1ccc(C(NC(=O)CNC(=O)CCC(C)C)C(=O)O)cc1Cl. The molecule has 3 N–H and O–H groups in total. The van der Waals surface area contributed by atoms with E-state index in [2.05, 4.69) is 10.6 Å². The summed E-state index contributed by atoms with van der Waals surface area (Å²) in [6.07, 6.45) is 1.04. The smallest absolute Gasteiger partial charge is 0.330 e. The minimum atomic E-state index is -1.27. The van der Waals surface area contributed by atoms with Gasteiger partial charge in [-0.1, -0.05) is 31.5 Å². The van der Waals surface area contributed by atoms with Gasteiger partial charge in [0.1, 0.15) is 5.75 Å². The average Bonchev–Trinajstić information content (AvgIpc) is 2.55. The third-order valence-electron chi connectivity index (χ3n) is 3.46. The molecule has 0 bridgehead atoms. The summed E-state index contributed by atoms with van der Waals surface area (Å²) in [6, 6.07) is 3.17. The van der Waals surface area contributed by atoms with Crippen LogP contribution in [-0.4, -0.2) is 36.5 Å². The van der Waals surface area contributed by atoms with E-state index in [1.54, 1.807) is 0 Å². The fourth-order valence-corrected chi connectivity index (χ4v) is 2.32. The molecule has 0 spiro atoms. The van der Waals surface area contributed by atoms with Crippen LogP contribution in [0.2, 0.25) is 5.02 Å². The van der Waals surface area contributed by atoms with E-state index < -0.39 is 17.9 Å². The highest BCUT2D eigenvalue weighted by molar-refractivity contribution is 6.32. The number of nitrogens with one attached hydrogen (secondary N) is 2. The van der Waals surface area contributed by atoms with E-state index in [9.17, 15) is 19.5 Å². The Bertz CT molecular complexity index is 633. The number of amides is 2. The monoisotopic (exact) mass is 370 g/mol.